The second kappa shape index (κ2) is 4.81. The van der Waals surface area contributed by atoms with Crippen molar-refractivity contribution in [3.05, 3.63) is 42.5 Å². The molecule has 1 saturated heterocycles. The van der Waals surface area contributed by atoms with E-state index in [-0.39, 0.29) is 5.54 Å². The third-order valence-corrected chi connectivity index (χ3v) is 3.28. The van der Waals surface area contributed by atoms with Gasteiger partial charge in [0.15, 0.2) is 0 Å². The molecule has 1 unspecified atom stereocenters. The maximum absolute atomic E-state index is 4.13. The lowest BCUT2D eigenvalue weighted by molar-refractivity contribution is 0.409. The van der Waals surface area contributed by atoms with Crippen LogP contribution >= 0.6 is 0 Å². The van der Waals surface area contributed by atoms with Gasteiger partial charge in [0, 0.05) is 18.6 Å². The Morgan fingerprint density at radius 2 is 2.19 bits per heavy atom. The molecular formula is C14H20N2. The molecule has 1 aliphatic heterocycles. The van der Waals surface area contributed by atoms with Gasteiger partial charge in [0.05, 0.1) is 0 Å². The summed E-state index contributed by atoms with van der Waals surface area (Å²) in [6, 6.07) is 10.4. The predicted octanol–water partition coefficient (Wildman–Crippen LogP) is 2.04. The Labute approximate surface area is 97.8 Å². The summed E-state index contributed by atoms with van der Waals surface area (Å²) >= 11 is 0. The summed E-state index contributed by atoms with van der Waals surface area (Å²) in [6.45, 7) is 9.43. The van der Waals surface area contributed by atoms with Crippen molar-refractivity contribution < 1.29 is 0 Å². The van der Waals surface area contributed by atoms with Crippen LogP contribution < -0.4 is 10.6 Å². The topological polar surface area (TPSA) is 24.1 Å². The van der Waals surface area contributed by atoms with Gasteiger partial charge >= 0.3 is 0 Å². The van der Waals surface area contributed by atoms with E-state index in [1.165, 1.54) is 12.0 Å². The standard InChI is InChI=1S/C14H20N2/c1-12(13-6-4-3-5-7-13)10-16-14(2)8-9-15-11-14/h3-7,15-16H,1,8-11H2,2H3. The Kier molecular flexibility index (Phi) is 3.42. The van der Waals surface area contributed by atoms with Crippen molar-refractivity contribution in [2.24, 2.45) is 0 Å². The fraction of sp³-hybridized carbons (Fsp3) is 0.429. The largest absolute Gasteiger partial charge is 0.315 e. The maximum atomic E-state index is 4.13. The van der Waals surface area contributed by atoms with Crippen LogP contribution in [0.3, 0.4) is 0 Å². The Hall–Kier alpha value is -1.12. The highest BCUT2D eigenvalue weighted by Gasteiger charge is 2.27. The number of rotatable bonds is 4. The van der Waals surface area contributed by atoms with E-state index in [0.29, 0.717) is 0 Å². The number of nitrogens with one attached hydrogen (secondary N) is 2. The van der Waals surface area contributed by atoms with E-state index in [1.807, 2.05) is 6.07 Å². The summed E-state index contributed by atoms with van der Waals surface area (Å²) in [5.41, 5.74) is 2.62. The molecule has 2 heteroatoms. The van der Waals surface area contributed by atoms with E-state index in [4.69, 9.17) is 0 Å². The second-order valence-corrected chi connectivity index (χ2v) is 4.81. The van der Waals surface area contributed by atoms with Crippen LogP contribution in [-0.4, -0.2) is 25.2 Å². The monoisotopic (exact) mass is 216 g/mol. The molecule has 0 amide bonds. The van der Waals surface area contributed by atoms with Crippen molar-refractivity contribution in [2.45, 2.75) is 18.9 Å². The Morgan fingerprint density at radius 3 is 2.81 bits per heavy atom. The molecule has 2 nitrogen and oxygen atoms in total. The van der Waals surface area contributed by atoms with Crippen LogP contribution in [0.4, 0.5) is 0 Å². The van der Waals surface area contributed by atoms with Crippen molar-refractivity contribution in [3.63, 3.8) is 0 Å². The van der Waals surface area contributed by atoms with Gasteiger partial charge in [0.1, 0.15) is 0 Å². The van der Waals surface area contributed by atoms with Crippen molar-refractivity contribution >= 4 is 5.57 Å². The molecular weight excluding hydrogens is 196 g/mol. The molecule has 1 fully saturated rings. The molecule has 0 aliphatic carbocycles. The summed E-state index contributed by atoms with van der Waals surface area (Å²) in [6.07, 6.45) is 1.19. The zero-order valence-electron chi connectivity index (χ0n) is 9.92. The van der Waals surface area contributed by atoms with E-state index in [2.05, 4.69) is 48.4 Å². The van der Waals surface area contributed by atoms with E-state index in [0.717, 1.165) is 25.2 Å². The molecule has 86 valence electrons. The van der Waals surface area contributed by atoms with Gasteiger partial charge in [0.25, 0.3) is 0 Å². The summed E-state index contributed by atoms with van der Waals surface area (Å²) in [4.78, 5) is 0. The van der Waals surface area contributed by atoms with Gasteiger partial charge in [0.2, 0.25) is 0 Å². The highest BCUT2D eigenvalue weighted by molar-refractivity contribution is 5.64. The average molecular weight is 216 g/mol. The van der Waals surface area contributed by atoms with E-state index >= 15 is 0 Å². The molecule has 2 rings (SSSR count). The number of hydrogen-bond acceptors (Lipinski definition) is 2. The van der Waals surface area contributed by atoms with Crippen molar-refractivity contribution in [1.82, 2.24) is 10.6 Å². The van der Waals surface area contributed by atoms with Crippen LogP contribution in [0.25, 0.3) is 5.57 Å². The SMILES string of the molecule is C=C(CNC1(C)CCNC1)c1ccccc1. The Morgan fingerprint density at radius 1 is 1.44 bits per heavy atom. The molecule has 1 atom stereocenters. The zero-order chi connectivity index (χ0) is 11.4. The first-order chi connectivity index (χ1) is 7.70. The smallest absolute Gasteiger partial charge is 0.0293 e. The lowest BCUT2D eigenvalue weighted by Gasteiger charge is -2.25. The van der Waals surface area contributed by atoms with Gasteiger partial charge in [-0.1, -0.05) is 36.9 Å². The van der Waals surface area contributed by atoms with Crippen LogP contribution in [-0.2, 0) is 0 Å². The molecule has 0 radical (unpaired) electrons. The zero-order valence-corrected chi connectivity index (χ0v) is 9.92. The minimum absolute atomic E-state index is 0.234. The van der Waals surface area contributed by atoms with Gasteiger partial charge in [-0.3, -0.25) is 0 Å². The number of hydrogen-bond donors (Lipinski definition) is 2. The van der Waals surface area contributed by atoms with Crippen LogP contribution in [0.1, 0.15) is 18.9 Å². The van der Waals surface area contributed by atoms with E-state index < -0.39 is 0 Å². The fourth-order valence-electron chi connectivity index (χ4n) is 2.06. The third kappa shape index (κ3) is 2.71. The van der Waals surface area contributed by atoms with Gasteiger partial charge in [-0.05, 0) is 31.0 Å². The van der Waals surface area contributed by atoms with Crippen molar-refractivity contribution in [3.8, 4) is 0 Å². The first-order valence-corrected chi connectivity index (χ1v) is 5.89. The molecule has 1 aliphatic rings. The summed E-state index contributed by atoms with van der Waals surface area (Å²) in [5.74, 6) is 0. The average Bonchev–Trinajstić information content (AvgIpc) is 2.75. The minimum atomic E-state index is 0.234. The van der Waals surface area contributed by atoms with Gasteiger partial charge < -0.3 is 10.6 Å². The fourth-order valence-corrected chi connectivity index (χ4v) is 2.06. The highest BCUT2D eigenvalue weighted by Crippen LogP contribution is 2.16. The lowest BCUT2D eigenvalue weighted by Crippen LogP contribution is -2.44. The van der Waals surface area contributed by atoms with Gasteiger partial charge in [-0.15, -0.1) is 0 Å². The predicted molar refractivity (Wildman–Crippen MR) is 69.4 cm³/mol. The summed E-state index contributed by atoms with van der Waals surface area (Å²) < 4.78 is 0. The second-order valence-electron chi connectivity index (χ2n) is 4.81. The van der Waals surface area contributed by atoms with Gasteiger partial charge in [-0.25, -0.2) is 0 Å². The molecule has 0 bridgehead atoms. The minimum Gasteiger partial charge on any atom is -0.315 e. The molecule has 0 saturated carbocycles. The molecule has 0 spiro atoms. The highest BCUT2D eigenvalue weighted by atomic mass is 15.1. The molecule has 0 aromatic heterocycles. The Balaban J connectivity index is 1.89. The Bertz CT molecular complexity index is 350. The quantitative estimate of drug-likeness (QED) is 0.805. The normalized spacial score (nSPS) is 24.6. The van der Waals surface area contributed by atoms with Gasteiger partial charge in [-0.2, -0.15) is 0 Å². The van der Waals surface area contributed by atoms with Crippen molar-refractivity contribution in [1.29, 1.82) is 0 Å². The molecule has 1 aromatic carbocycles. The van der Waals surface area contributed by atoms with E-state index in [9.17, 15) is 0 Å². The van der Waals surface area contributed by atoms with Crippen molar-refractivity contribution in [2.75, 3.05) is 19.6 Å². The lowest BCUT2D eigenvalue weighted by atomic mass is 10.00. The first kappa shape index (κ1) is 11.4. The van der Waals surface area contributed by atoms with Crippen LogP contribution in [0.15, 0.2) is 36.9 Å². The number of benzene rings is 1. The third-order valence-electron chi connectivity index (χ3n) is 3.28. The molecule has 16 heavy (non-hydrogen) atoms. The molecule has 1 aromatic rings. The molecule has 2 N–H and O–H groups in total. The van der Waals surface area contributed by atoms with Crippen LogP contribution in [0.5, 0.6) is 0 Å². The molecule has 1 heterocycles. The first-order valence-electron chi connectivity index (χ1n) is 5.89. The van der Waals surface area contributed by atoms with Crippen LogP contribution in [0, 0.1) is 0 Å². The summed E-state index contributed by atoms with van der Waals surface area (Å²) in [5, 5.41) is 6.98. The van der Waals surface area contributed by atoms with Crippen LogP contribution in [0.2, 0.25) is 0 Å². The van der Waals surface area contributed by atoms with E-state index in [1.54, 1.807) is 0 Å². The maximum Gasteiger partial charge on any atom is 0.0293 e. The summed E-state index contributed by atoms with van der Waals surface area (Å²) in [7, 11) is 0.